The van der Waals surface area contributed by atoms with Gasteiger partial charge in [-0.15, -0.1) is 23.2 Å². The molecule has 1 aromatic rings. The lowest BCUT2D eigenvalue weighted by Crippen LogP contribution is -2.34. The lowest BCUT2D eigenvalue weighted by molar-refractivity contribution is 0.490. The molecule has 3 nitrogen and oxygen atoms in total. The summed E-state index contributed by atoms with van der Waals surface area (Å²) < 4.78 is 2.33. The Morgan fingerprint density at radius 3 is 2.73 bits per heavy atom. The minimum absolute atomic E-state index is 0.235. The normalized spacial score (nSPS) is 15.0. The molecule has 1 rings (SSSR count). The van der Waals surface area contributed by atoms with E-state index in [0.717, 1.165) is 0 Å². The van der Waals surface area contributed by atoms with Crippen LogP contribution in [0, 0.1) is 0 Å². The van der Waals surface area contributed by atoms with Crippen molar-refractivity contribution in [3.63, 3.8) is 0 Å². The summed E-state index contributed by atoms with van der Waals surface area (Å²) in [5, 5.41) is 3.96. The molecule has 0 radical (unpaired) electrons. The van der Waals surface area contributed by atoms with Gasteiger partial charge in [0.1, 0.15) is 4.47 Å². The lowest BCUT2D eigenvalue weighted by atomic mass is 10.2. The highest BCUT2D eigenvalue weighted by Gasteiger charge is 2.22. The second-order valence-corrected chi connectivity index (χ2v) is 6.14. The predicted molar refractivity (Wildman–Crippen MR) is 68.9 cm³/mol. The van der Waals surface area contributed by atoms with Gasteiger partial charge in [-0.25, -0.2) is 4.68 Å². The standard InChI is InChI=1S/C8H8Br2Cl2N2O/c1-8(12,3-11)4-14-7(15)6(10)5(9)2-13-14/h2H,3-4H2,1H3. The molecule has 1 unspecified atom stereocenters. The summed E-state index contributed by atoms with van der Waals surface area (Å²) in [7, 11) is 0. The molecule has 1 atom stereocenters. The van der Waals surface area contributed by atoms with Crippen LogP contribution in [0.2, 0.25) is 0 Å². The maximum Gasteiger partial charge on any atom is 0.282 e. The van der Waals surface area contributed by atoms with Crippen LogP contribution >= 0.6 is 55.1 Å². The second kappa shape index (κ2) is 5.17. The Labute approximate surface area is 114 Å². The summed E-state index contributed by atoms with van der Waals surface area (Å²) in [6.07, 6.45) is 1.53. The van der Waals surface area contributed by atoms with Crippen LogP contribution in [-0.2, 0) is 6.54 Å². The van der Waals surface area contributed by atoms with Crippen molar-refractivity contribution >= 4 is 55.1 Å². The van der Waals surface area contributed by atoms with Crippen LogP contribution in [0.3, 0.4) is 0 Å². The van der Waals surface area contributed by atoms with Crippen LogP contribution in [0.15, 0.2) is 19.9 Å². The van der Waals surface area contributed by atoms with E-state index in [1.165, 1.54) is 10.9 Å². The topological polar surface area (TPSA) is 34.9 Å². The van der Waals surface area contributed by atoms with Crippen LogP contribution < -0.4 is 5.56 Å². The summed E-state index contributed by atoms with van der Waals surface area (Å²) >= 11 is 18.1. The zero-order valence-corrected chi connectivity index (χ0v) is 12.5. The van der Waals surface area contributed by atoms with Gasteiger partial charge in [-0.1, -0.05) is 0 Å². The van der Waals surface area contributed by atoms with Crippen molar-refractivity contribution in [2.45, 2.75) is 18.3 Å². The van der Waals surface area contributed by atoms with Gasteiger partial charge in [-0.3, -0.25) is 4.79 Å². The molecule has 0 spiro atoms. The highest BCUT2D eigenvalue weighted by Crippen LogP contribution is 2.20. The monoisotopic (exact) mass is 376 g/mol. The van der Waals surface area contributed by atoms with Crippen molar-refractivity contribution in [2.75, 3.05) is 5.88 Å². The first-order valence-electron chi connectivity index (χ1n) is 4.03. The van der Waals surface area contributed by atoms with Crippen molar-refractivity contribution in [1.29, 1.82) is 0 Å². The Hall–Kier alpha value is 0.420. The quantitative estimate of drug-likeness (QED) is 0.758. The minimum Gasteiger partial charge on any atom is -0.266 e. The van der Waals surface area contributed by atoms with E-state index in [-0.39, 0.29) is 18.0 Å². The number of alkyl halides is 2. The molecule has 1 aromatic heterocycles. The molecule has 0 amide bonds. The maximum atomic E-state index is 11.7. The van der Waals surface area contributed by atoms with Gasteiger partial charge >= 0.3 is 0 Å². The largest absolute Gasteiger partial charge is 0.282 e. The van der Waals surface area contributed by atoms with E-state index in [2.05, 4.69) is 37.0 Å². The van der Waals surface area contributed by atoms with Gasteiger partial charge in [-0.2, -0.15) is 5.10 Å². The van der Waals surface area contributed by atoms with E-state index >= 15 is 0 Å². The molecule has 0 aromatic carbocycles. The molecular weight excluding hydrogens is 371 g/mol. The van der Waals surface area contributed by atoms with Gasteiger partial charge < -0.3 is 0 Å². The molecule has 0 aliphatic heterocycles. The van der Waals surface area contributed by atoms with E-state index in [1.54, 1.807) is 6.92 Å². The molecule has 7 heteroatoms. The van der Waals surface area contributed by atoms with E-state index in [4.69, 9.17) is 23.2 Å². The molecule has 0 saturated carbocycles. The molecule has 84 valence electrons. The fourth-order valence-electron chi connectivity index (χ4n) is 0.912. The third kappa shape index (κ3) is 3.44. The summed E-state index contributed by atoms with van der Waals surface area (Å²) in [5.41, 5.74) is -0.235. The summed E-state index contributed by atoms with van der Waals surface area (Å²) in [5.74, 6) is 0.246. The van der Waals surface area contributed by atoms with Gasteiger partial charge in [0.2, 0.25) is 0 Å². The summed E-state index contributed by atoms with van der Waals surface area (Å²) in [6.45, 7) is 2.02. The third-order valence-corrected chi connectivity index (χ3v) is 4.58. The average molecular weight is 379 g/mol. The molecule has 0 fully saturated rings. The predicted octanol–water partition coefficient (Wildman–Crippen LogP) is 3.00. The SMILES string of the molecule is CC(Cl)(CCl)Cn1ncc(Br)c(Br)c1=O. The molecule has 0 aliphatic carbocycles. The molecule has 15 heavy (non-hydrogen) atoms. The summed E-state index contributed by atoms with van der Waals surface area (Å²) in [6, 6.07) is 0. The van der Waals surface area contributed by atoms with E-state index in [1.807, 2.05) is 0 Å². The number of nitrogens with zero attached hydrogens (tertiary/aromatic N) is 2. The Balaban J connectivity index is 3.08. The van der Waals surface area contributed by atoms with Crippen molar-refractivity contribution in [2.24, 2.45) is 0 Å². The van der Waals surface area contributed by atoms with Gasteiger partial charge in [-0.05, 0) is 38.8 Å². The van der Waals surface area contributed by atoms with E-state index in [0.29, 0.717) is 8.95 Å². The number of hydrogen-bond acceptors (Lipinski definition) is 2. The Morgan fingerprint density at radius 1 is 1.60 bits per heavy atom. The highest BCUT2D eigenvalue weighted by molar-refractivity contribution is 9.13. The smallest absolute Gasteiger partial charge is 0.266 e. The van der Waals surface area contributed by atoms with Crippen LogP contribution in [0.25, 0.3) is 0 Å². The van der Waals surface area contributed by atoms with Gasteiger partial charge in [0.15, 0.2) is 0 Å². The van der Waals surface area contributed by atoms with E-state index in [9.17, 15) is 4.79 Å². The minimum atomic E-state index is -0.675. The number of rotatable bonds is 3. The second-order valence-electron chi connectivity index (χ2n) is 3.32. The maximum absolute atomic E-state index is 11.7. The zero-order chi connectivity index (χ0) is 11.6. The number of hydrogen-bond donors (Lipinski definition) is 0. The van der Waals surface area contributed by atoms with Crippen LogP contribution in [0.1, 0.15) is 6.92 Å². The number of aromatic nitrogens is 2. The Kier molecular flexibility index (Phi) is 4.64. The molecule has 0 bridgehead atoms. The molecule has 0 aliphatic rings. The average Bonchev–Trinajstić information content (AvgIpc) is 2.19. The Bertz CT molecular complexity index is 420. The highest BCUT2D eigenvalue weighted by atomic mass is 79.9. The van der Waals surface area contributed by atoms with E-state index < -0.39 is 4.87 Å². The Morgan fingerprint density at radius 2 is 2.20 bits per heavy atom. The van der Waals surface area contributed by atoms with Gasteiger partial charge in [0.05, 0.1) is 22.1 Å². The molecule has 1 heterocycles. The lowest BCUT2D eigenvalue weighted by Gasteiger charge is -2.18. The molecular formula is C8H8Br2Cl2N2O. The van der Waals surface area contributed by atoms with Crippen molar-refractivity contribution in [3.05, 3.63) is 25.5 Å². The van der Waals surface area contributed by atoms with Crippen LogP contribution in [0.5, 0.6) is 0 Å². The summed E-state index contributed by atoms with van der Waals surface area (Å²) in [4.78, 5) is 11.0. The van der Waals surface area contributed by atoms with Gasteiger partial charge in [0, 0.05) is 5.88 Å². The first-order chi connectivity index (χ1) is 6.87. The van der Waals surface area contributed by atoms with Crippen LogP contribution in [0.4, 0.5) is 0 Å². The van der Waals surface area contributed by atoms with Gasteiger partial charge in [0.25, 0.3) is 5.56 Å². The third-order valence-electron chi connectivity index (χ3n) is 1.70. The molecule has 0 saturated heterocycles. The first-order valence-corrected chi connectivity index (χ1v) is 6.53. The van der Waals surface area contributed by atoms with Crippen molar-refractivity contribution < 1.29 is 0 Å². The van der Waals surface area contributed by atoms with Crippen molar-refractivity contribution in [1.82, 2.24) is 9.78 Å². The fourth-order valence-corrected chi connectivity index (χ4v) is 1.68. The first kappa shape index (κ1) is 13.5. The van der Waals surface area contributed by atoms with Crippen molar-refractivity contribution in [3.8, 4) is 0 Å². The number of halogens is 4. The fraction of sp³-hybridized carbons (Fsp3) is 0.500. The van der Waals surface area contributed by atoms with Crippen LogP contribution in [-0.4, -0.2) is 20.5 Å². The molecule has 0 N–H and O–H groups in total. The zero-order valence-electron chi connectivity index (χ0n) is 7.81.